The molecule has 2 N–H and O–H groups in total. The lowest BCUT2D eigenvalue weighted by Crippen LogP contribution is -2.59. The summed E-state index contributed by atoms with van der Waals surface area (Å²) in [6.07, 6.45) is 1.84. The minimum Gasteiger partial charge on any atom is -0.394 e. The first-order valence-corrected chi connectivity index (χ1v) is 12.0. The number of aliphatic hydroxyl groups is 1. The fourth-order valence-electron chi connectivity index (χ4n) is 5.01. The standard InChI is InChI=1S/C24H28ClFN6O2/c1-15(19-6-4-16(25)11-20(19)26)32-23-12-17(5-7-21(23)28-29-32)30-9-10-31(18(13-30)14-33)24(34)22-3-2-8-27-22/h4-7,11-12,15,18,22,27,33H,2-3,8-10,13-14H2,1H3/t15-,18?,22?/m1/s1. The summed E-state index contributed by atoms with van der Waals surface area (Å²) in [7, 11) is 0. The zero-order valence-corrected chi connectivity index (χ0v) is 19.7. The van der Waals surface area contributed by atoms with E-state index in [0.29, 0.717) is 35.7 Å². The number of halogens is 2. The van der Waals surface area contributed by atoms with Crippen molar-refractivity contribution in [1.29, 1.82) is 0 Å². The Kier molecular flexibility index (Phi) is 6.42. The van der Waals surface area contributed by atoms with Gasteiger partial charge in [0.15, 0.2) is 0 Å². The van der Waals surface area contributed by atoms with Crippen LogP contribution < -0.4 is 10.2 Å². The van der Waals surface area contributed by atoms with Gasteiger partial charge < -0.3 is 20.2 Å². The van der Waals surface area contributed by atoms with Crippen molar-refractivity contribution in [3.63, 3.8) is 0 Å². The van der Waals surface area contributed by atoms with Crippen LogP contribution in [-0.2, 0) is 4.79 Å². The molecule has 0 radical (unpaired) electrons. The average Bonchev–Trinajstić information content (AvgIpc) is 3.53. The first-order chi connectivity index (χ1) is 16.5. The van der Waals surface area contributed by atoms with Crippen LogP contribution in [0.2, 0.25) is 5.02 Å². The Morgan fingerprint density at radius 3 is 2.88 bits per heavy atom. The maximum Gasteiger partial charge on any atom is 0.240 e. The molecule has 2 unspecified atom stereocenters. The minimum absolute atomic E-state index is 0.0766. The lowest BCUT2D eigenvalue weighted by molar-refractivity contribution is -0.136. The second-order valence-electron chi connectivity index (χ2n) is 9.01. The number of carbonyl (C=O) groups excluding carboxylic acids is 1. The third kappa shape index (κ3) is 4.23. The first-order valence-electron chi connectivity index (χ1n) is 11.7. The van der Waals surface area contributed by atoms with E-state index >= 15 is 0 Å². The number of anilines is 1. The molecule has 2 aliphatic rings. The molecule has 8 nitrogen and oxygen atoms in total. The van der Waals surface area contributed by atoms with E-state index in [1.54, 1.807) is 16.8 Å². The molecule has 180 valence electrons. The summed E-state index contributed by atoms with van der Waals surface area (Å²) in [5.74, 6) is -0.309. The Bertz CT molecular complexity index is 1200. The number of amides is 1. The lowest BCUT2D eigenvalue weighted by Gasteiger charge is -2.42. The second-order valence-corrected chi connectivity index (χ2v) is 9.45. The summed E-state index contributed by atoms with van der Waals surface area (Å²) in [6, 6.07) is 9.69. The minimum atomic E-state index is -0.386. The number of rotatable bonds is 5. The molecule has 2 saturated heterocycles. The Labute approximate surface area is 202 Å². The van der Waals surface area contributed by atoms with Crippen LogP contribution in [0.15, 0.2) is 36.4 Å². The van der Waals surface area contributed by atoms with Crippen molar-refractivity contribution < 1.29 is 14.3 Å². The lowest BCUT2D eigenvalue weighted by atomic mass is 10.1. The highest BCUT2D eigenvalue weighted by Crippen LogP contribution is 2.29. The van der Waals surface area contributed by atoms with Gasteiger partial charge in [-0.2, -0.15) is 0 Å². The van der Waals surface area contributed by atoms with E-state index in [4.69, 9.17) is 11.6 Å². The molecule has 34 heavy (non-hydrogen) atoms. The van der Waals surface area contributed by atoms with Crippen LogP contribution in [0.5, 0.6) is 0 Å². The maximum absolute atomic E-state index is 14.5. The molecule has 10 heteroatoms. The van der Waals surface area contributed by atoms with Gasteiger partial charge in [-0.3, -0.25) is 4.79 Å². The van der Waals surface area contributed by atoms with E-state index < -0.39 is 0 Å². The Hall–Kier alpha value is -2.75. The van der Waals surface area contributed by atoms with Crippen molar-refractivity contribution in [1.82, 2.24) is 25.2 Å². The van der Waals surface area contributed by atoms with E-state index in [9.17, 15) is 14.3 Å². The van der Waals surface area contributed by atoms with Gasteiger partial charge in [-0.05, 0) is 56.6 Å². The molecule has 3 atom stereocenters. The number of aliphatic hydroxyl groups excluding tert-OH is 1. The molecule has 0 aliphatic carbocycles. The van der Waals surface area contributed by atoms with E-state index in [-0.39, 0.29) is 36.5 Å². The van der Waals surface area contributed by atoms with Crippen LogP contribution in [0.25, 0.3) is 11.0 Å². The number of piperazine rings is 1. The quantitative estimate of drug-likeness (QED) is 0.576. The van der Waals surface area contributed by atoms with Gasteiger partial charge in [0.1, 0.15) is 11.3 Å². The molecular weight excluding hydrogens is 459 g/mol. The number of fused-ring (bicyclic) bond motifs is 1. The van der Waals surface area contributed by atoms with E-state index in [0.717, 1.165) is 30.6 Å². The highest BCUT2D eigenvalue weighted by atomic mass is 35.5. The fraction of sp³-hybridized carbons (Fsp3) is 0.458. The largest absolute Gasteiger partial charge is 0.394 e. The highest BCUT2D eigenvalue weighted by molar-refractivity contribution is 6.30. The second kappa shape index (κ2) is 9.48. The van der Waals surface area contributed by atoms with Crippen molar-refractivity contribution in [2.45, 2.75) is 37.9 Å². The van der Waals surface area contributed by atoms with Crippen LogP contribution in [0.4, 0.5) is 10.1 Å². The van der Waals surface area contributed by atoms with Gasteiger partial charge in [-0.25, -0.2) is 9.07 Å². The number of benzene rings is 2. The summed E-state index contributed by atoms with van der Waals surface area (Å²) in [6.45, 7) is 4.37. The molecule has 3 aromatic rings. The van der Waals surface area contributed by atoms with Gasteiger partial charge >= 0.3 is 0 Å². The van der Waals surface area contributed by atoms with Crippen molar-refractivity contribution >= 4 is 34.2 Å². The molecule has 1 aromatic heterocycles. The van der Waals surface area contributed by atoms with Gasteiger partial charge in [-0.1, -0.05) is 22.9 Å². The summed E-state index contributed by atoms with van der Waals surface area (Å²) in [5.41, 5.74) is 2.93. The zero-order chi connectivity index (χ0) is 23.8. The van der Waals surface area contributed by atoms with Gasteiger partial charge in [0.05, 0.1) is 30.2 Å². The first kappa shape index (κ1) is 23.0. The third-order valence-electron chi connectivity index (χ3n) is 6.93. The Balaban J connectivity index is 1.39. The molecular formula is C24H28ClFN6O2. The molecule has 2 aromatic carbocycles. The van der Waals surface area contributed by atoms with Crippen LogP contribution >= 0.6 is 11.6 Å². The van der Waals surface area contributed by atoms with Crippen molar-refractivity contribution in [2.75, 3.05) is 37.7 Å². The highest BCUT2D eigenvalue weighted by Gasteiger charge is 2.35. The number of hydrogen-bond acceptors (Lipinski definition) is 6. The van der Waals surface area contributed by atoms with E-state index in [1.807, 2.05) is 30.0 Å². The van der Waals surface area contributed by atoms with Crippen LogP contribution in [0.3, 0.4) is 0 Å². The van der Waals surface area contributed by atoms with Crippen LogP contribution in [0.1, 0.15) is 31.4 Å². The number of aromatic nitrogens is 3. The molecule has 3 heterocycles. The summed E-state index contributed by atoms with van der Waals surface area (Å²) in [5, 5.41) is 22.2. The van der Waals surface area contributed by atoms with Crippen LogP contribution in [-0.4, -0.2) is 75.8 Å². The van der Waals surface area contributed by atoms with Gasteiger partial charge in [-0.15, -0.1) is 5.10 Å². The van der Waals surface area contributed by atoms with Gasteiger partial charge in [0.2, 0.25) is 5.91 Å². The SMILES string of the molecule is C[C@H](c1ccc(Cl)cc1F)n1nnc2ccc(N3CCN(C(=O)C4CCCN4)C(CO)C3)cc21. The third-order valence-corrected chi connectivity index (χ3v) is 7.17. The number of carbonyl (C=O) groups is 1. The van der Waals surface area contributed by atoms with Crippen molar-refractivity contribution in [3.8, 4) is 0 Å². The molecule has 1 amide bonds. The predicted octanol–water partition coefficient (Wildman–Crippen LogP) is 2.59. The number of hydrogen-bond donors (Lipinski definition) is 2. The molecule has 0 spiro atoms. The van der Waals surface area contributed by atoms with Gasteiger partial charge in [0.25, 0.3) is 0 Å². The molecule has 2 fully saturated rings. The molecule has 0 bridgehead atoms. The summed E-state index contributed by atoms with van der Waals surface area (Å²) >= 11 is 5.91. The van der Waals surface area contributed by atoms with Gasteiger partial charge in [0, 0.05) is 35.9 Å². The maximum atomic E-state index is 14.5. The topological polar surface area (TPSA) is 86.5 Å². The Morgan fingerprint density at radius 2 is 2.15 bits per heavy atom. The number of nitrogens with one attached hydrogen (secondary N) is 1. The summed E-state index contributed by atoms with van der Waals surface area (Å²) in [4.78, 5) is 16.9. The van der Waals surface area contributed by atoms with Crippen molar-refractivity contribution in [3.05, 3.63) is 52.8 Å². The smallest absolute Gasteiger partial charge is 0.240 e. The molecule has 5 rings (SSSR count). The fourth-order valence-corrected chi connectivity index (χ4v) is 5.17. The average molecular weight is 487 g/mol. The van der Waals surface area contributed by atoms with Crippen LogP contribution in [0, 0.1) is 5.82 Å². The number of nitrogens with zero attached hydrogens (tertiary/aromatic N) is 5. The van der Waals surface area contributed by atoms with E-state index in [1.165, 1.54) is 6.07 Å². The summed E-state index contributed by atoms with van der Waals surface area (Å²) < 4.78 is 16.3. The molecule has 0 saturated carbocycles. The normalized spacial score (nSPS) is 21.9. The Morgan fingerprint density at radius 1 is 1.29 bits per heavy atom. The molecule has 2 aliphatic heterocycles. The monoisotopic (exact) mass is 486 g/mol. The van der Waals surface area contributed by atoms with Crippen molar-refractivity contribution in [2.24, 2.45) is 0 Å². The predicted molar refractivity (Wildman–Crippen MR) is 129 cm³/mol. The van der Waals surface area contributed by atoms with E-state index in [2.05, 4.69) is 20.5 Å². The zero-order valence-electron chi connectivity index (χ0n) is 19.0.